The third-order valence-corrected chi connectivity index (χ3v) is 11.0. The number of hydrogen-bond donors (Lipinski definition) is 1. The molecule has 0 heterocycles. The lowest BCUT2D eigenvalue weighted by atomic mass is 9.74. The monoisotopic (exact) mass is 649 g/mol. The van der Waals surface area contributed by atoms with E-state index in [0.29, 0.717) is 0 Å². The number of carbonyl (C=O) groups is 1. The Hall–Kier alpha value is -0.530. The first-order chi connectivity index (χ1) is 22.6. The minimum absolute atomic E-state index is 0.451. The van der Waals surface area contributed by atoms with Crippen LogP contribution in [0.2, 0.25) is 0 Å². The van der Waals surface area contributed by atoms with Gasteiger partial charge in [-0.3, -0.25) is 4.79 Å². The number of rotatable bonds is 40. The Morgan fingerprint density at radius 1 is 0.304 bits per heavy atom. The van der Waals surface area contributed by atoms with Gasteiger partial charge in [-0.2, -0.15) is 0 Å². The van der Waals surface area contributed by atoms with E-state index in [0.717, 1.165) is 38.5 Å². The van der Waals surface area contributed by atoms with Crippen molar-refractivity contribution in [1.82, 2.24) is 0 Å². The van der Waals surface area contributed by atoms with Crippen LogP contribution in [0.1, 0.15) is 271 Å². The average Bonchev–Trinajstić information content (AvgIpc) is 3.05. The quantitative estimate of drug-likeness (QED) is 0.0671. The molecule has 46 heavy (non-hydrogen) atoms. The van der Waals surface area contributed by atoms with Gasteiger partial charge in [0.25, 0.3) is 0 Å². The molecule has 1 N–H and O–H groups in total. The van der Waals surface area contributed by atoms with Crippen LogP contribution in [-0.2, 0) is 4.79 Å². The fourth-order valence-electron chi connectivity index (χ4n) is 7.61. The molecule has 0 fully saturated rings. The molecule has 0 aromatic rings. The van der Waals surface area contributed by atoms with Gasteiger partial charge in [0.15, 0.2) is 0 Å². The van der Waals surface area contributed by atoms with E-state index >= 15 is 0 Å². The zero-order chi connectivity index (χ0) is 33.7. The maximum absolute atomic E-state index is 12.4. The second kappa shape index (κ2) is 37.3. The second-order valence-electron chi connectivity index (χ2n) is 15.5. The Labute approximate surface area is 291 Å². The van der Waals surface area contributed by atoms with Gasteiger partial charge >= 0.3 is 5.97 Å². The summed E-state index contributed by atoms with van der Waals surface area (Å²) >= 11 is 0. The van der Waals surface area contributed by atoms with Gasteiger partial charge in [-0.25, -0.2) is 0 Å². The summed E-state index contributed by atoms with van der Waals surface area (Å²) in [5, 5.41) is 10.2. The lowest BCUT2D eigenvalue weighted by Gasteiger charge is -2.30. The van der Waals surface area contributed by atoms with Crippen molar-refractivity contribution in [3.05, 3.63) is 0 Å². The number of hydrogen-bond acceptors (Lipinski definition) is 1. The highest BCUT2D eigenvalue weighted by Gasteiger charge is 2.36. The predicted octanol–water partition coefficient (Wildman–Crippen LogP) is 16.3. The van der Waals surface area contributed by atoms with Crippen LogP contribution in [0.5, 0.6) is 0 Å². The molecule has 0 amide bonds. The van der Waals surface area contributed by atoms with E-state index in [2.05, 4.69) is 20.8 Å². The van der Waals surface area contributed by atoms with Crippen LogP contribution in [0.3, 0.4) is 0 Å². The summed E-state index contributed by atoms with van der Waals surface area (Å²) in [6, 6.07) is 0. The zero-order valence-corrected chi connectivity index (χ0v) is 32.4. The molecule has 0 aliphatic carbocycles. The molecule has 0 atom stereocenters. The van der Waals surface area contributed by atoms with Gasteiger partial charge in [-0.15, -0.1) is 0 Å². The van der Waals surface area contributed by atoms with Crippen molar-refractivity contribution in [3.63, 3.8) is 0 Å². The molecule has 0 spiro atoms. The molecule has 0 saturated carbocycles. The Morgan fingerprint density at radius 3 is 0.630 bits per heavy atom. The highest BCUT2D eigenvalue weighted by atomic mass is 16.4. The minimum atomic E-state index is -0.509. The van der Waals surface area contributed by atoms with Gasteiger partial charge < -0.3 is 5.11 Å². The number of unbranched alkanes of at least 4 members (excludes halogenated alkanes) is 33. The van der Waals surface area contributed by atoms with Crippen molar-refractivity contribution in [3.8, 4) is 0 Å². The summed E-state index contributed by atoms with van der Waals surface area (Å²) in [7, 11) is 0. The topological polar surface area (TPSA) is 37.3 Å². The van der Waals surface area contributed by atoms with Crippen molar-refractivity contribution in [2.75, 3.05) is 0 Å². The van der Waals surface area contributed by atoms with E-state index in [1.54, 1.807) is 0 Å². The van der Waals surface area contributed by atoms with Crippen LogP contribution in [0, 0.1) is 5.41 Å². The van der Waals surface area contributed by atoms with Crippen LogP contribution in [0.15, 0.2) is 0 Å². The summed E-state index contributed by atoms with van der Waals surface area (Å²) in [5.74, 6) is -0.509. The van der Waals surface area contributed by atoms with Gasteiger partial charge in [-0.05, 0) is 19.3 Å². The van der Waals surface area contributed by atoms with Crippen molar-refractivity contribution < 1.29 is 9.90 Å². The van der Waals surface area contributed by atoms with Gasteiger partial charge in [0.2, 0.25) is 0 Å². The van der Waals surface area contributed by atoms with Crippen LogP contribution in [0.4, 0.5) is 0 Å². The maximum atomic E-state index is 12.4. The highest BCUT2D eigenvalue weighted by Crippen LogP contribution is 2.38. The van der Waals surface area contributed by atoms with Gasteiger partial charge in [0.05, 0.1) is 5.41 Å². The molecule has 2 heteroatoms. The molecule has 0 rings (SSSR count). The number of carboxylic acid groups (broad SMARTS) is 1. The summed E-state index contributed by atoms with van der Waals surface area (Å²) in [5.41, 5.74) is -0.451. The van der Waals surface area contributed by atoms with Crippen molar-refractivity contribution >= 4 is 5.97 Å². The summed E-state index contributed by atoms with van der Waals surface area (Å²) in [6.07, 6.45) is 51.9. The van der Waals surface area contributed by atoms with E-state index in [1.807, 2.05) is 0 Å². The molecule has 0 unspecified atom stereocenters. The fraction of sp³-hybridized carbons (Fsp3) is 0.977. The third kappa shape index (κ3) is 30.8. The molecular formula is C44H88O2. The molecule has 0 saturated heterocycles. The van der Waals surface area contributed by atoms with Crippen LogP contribution in [0.25, 0.3) is 0 Å². The summed E-state index contributed by atoms with van der Waals surface area (Å²) in [6.45, 7) is 6.77. The van der Waals surface area contributed by atoms with E-state index < -0.39 is 11.4 Å². The van der Waals surface area contributed by atoms with E-state index in [1.165, 1.54) is 212 Å². The van der Waals surface area contributed by atoms with Gasteiger partial charge in [-0.1, -0.05) is 252 Å². The second-order valence-corrected chi connectivity index (χ2v) is 15.5. The molecular weight excluding hydrogens is 560 g/mol. The minimum Gasteiger partial charge on any atom is -0.481 e. The Bertz CT molecular complexity index is 572. The Morgan fingerprint density at radius 2 is 0.457 bits per heavy atom. The predicted molar refractivity (Wildman–Crippen MR) is 207 cm³/mol. The SMILES string of the molecule is CCCCCCCCCCCCCCCCCCCCCCCCCCCCCCC(CCCCCC)(CCCCCC)C(=O)O. The normalized spacial score (nSPS) is 11.9. The van der Waals surface area contributed by atoms with Crippen molar-refractivity contribution in [2.45, 2.75) is 271 Å². The third-order valence-electron chi connectivity index (χ3n) is 11.0. The molecule has 2 nitrogen and oxygen atoms in total. The number of carboxylic acids is 1. The standard InChI is InChI=1S/C44H88O2/c1-4-7-10-13-14-15-16-17-18-19-20-21-22-23-24-25-26-27-28-29-30-31-32-33-34-35-36-39-42-44(43(45)46,40-37-11-8-5-2)41-38-12-9-6-3/h4-42H2,1-3H3,(H,45,46). The summed E-state index contributed by atoms with van der Waals surface area (Å²) < 4.78 is 0. The van der Waals surface area contributed by atoms with Crippen molar-refractivity contribution in [2.24, 2.45) is 5.41 Å². The lowest BCUT2D eigenvalue weighted by molar-refractivity contribution is -0.150. The maximum Gasteiger partial charge on any atom is 0.309 e. The Balaban J connectivity index is 3.55. The van der Waals surface area contributed by atoms with Gasteiger partial charge in [0.1, 0.15) is 0 Å². The summed E-state index contributed by atoms with van der Waals surface area (Å²) in [4.78, 5) is 12.4. The Kier molecular flexibility index (Phi) is 36.9. The average molecular weight is 649 g/mol. The molecule has 276 valence electrons. The molecule has 0 aliphatic rings. The van der Waals surface area contributed by atoms with E-state index in [9.17, 15) is 9.90 Å². The smallest absolute Gasteiger partial charge is 0.309 e. The molecule has 0 radical (unpaired) electrons. The fourth-order valence-corrected chi connectivity index (χ4v) is 7.61. The number of aliphatic carboxylic acids is 1. The zero-order valence-electron chi connectivity index (χ0n) is 32.4. The molecule has 0 aromatic carbocycles. The van der Waals surface area contributed by atoms with E-state index in [4.69, 9.17) is 0 Å². The lowest BCUT2D eigenvalue weighted by Crippen LogP contribution is -2.31. The van der Waals surface area contributed by atoms with Crippen LogP contribution in [-0.4, -0.2) is 11.1 Å². The van der Waals surface area contributed by atoms with E-state index in [-0.39, 0.29) is 0 Å². The molecule has 0 bridgehead atoms. The largest absolute Gasteiger partial charge is 0.481 e. The first kappa shape index (κ1) is 45.5. The van der Waals surface area contributed by atoms with Crippen molar-refractivity contribution in [1.29, 1.82) is 0 Å². The highest BCUT2D eigenvalue weighted by molar-refractivity contribution is 5.74. The first-order valence-electron chi connectivity index (χ1n) is 21.9. The van der Waals surface area contributed by atoms with Crippen LogP contribution < -0.4 is 0 Å². The molecule has 0 aromatic heterocycles. The van der Waals surface area contributed by atoms with Crippen LogP contribution >= 0.6 is 0 Å². The first-order valence-corrected chi connectivity index (χ1v) is 21.9. The van der Waals surface area contributed by atoms with Gasteiger partial charge in [0, 0.05) is 0 Å². The molecule has 0 aliphatic heterocycles.